The fourth-order valence-corrected chi connectivity index (χ4v) is 1.17. The maximum absolute atomic E-state index is 10.6. The van der Waals surface area contributed by atoms with E-state index >= 15 is 0 Å². The van der Waals surface area contributed by atoms with E-state index < -0.39 is 12.0 Å². The molecule has 64 valence electrons. The van der Waals surface area contributed by atoms with Gasteiger partial charge in [-0.05, 0) is 0 Å². The molecule has 0 aliphatic carbocycles. The first-order chi connectivity index (χ1) is 5.07. The summed E-state index contributed by atoms with van der Waals surface area (Å²) in [5, 5.41) is 8.14. The monoisotopic (exact) mass is 195 g/mol. The number of hydrogen-bond donors (Lipinski definition) is 3. The molecule has 4 nitrogen and oxygen atoms in total. The van der Waals surface area contributed by atoms with Crippen LogP contribution in [0.15, 0.2) is 0 Å². The Morgan fingerprint density at radius 1 is 1.64 bits per heavy atom. The second-order valence-electron chi connectivity index (χ2n) is 1.79. The maximum Gasteiger partial charge on any atom is 0.321 e. The summed E-state index contributed by atoms with van der Waals surface area (Å²) in [7, 11) is 0. The lowest BCUT2D eigenvalue weighted by Crippen LogP contribution is -2.32. The van der Waals surface area contributed by atoms with Gasteiger partial charge < -0.3 is 10.8 Å². The zero-order valence-corrected chi connectivity index (χ0v) is 7.40. The second kappa shape index (κ2) is 5.45. The summed E-state index contributed by atoms with van der Waals surface area (Å²) in [5.41, 5.74) is 5.12. The molecule has 0 saturated carbocycles. The average Bonchev–Trinajstić information content (AvgIpc) is 1.99. The largest absolute Gasteiger partial charge is 0.480 e. The van der Waals surface area contributed by atoms with Crippen LogP contribution in [0.5, 0.6) is 0 Å². The van der Waals surface area contributed by atoms with Crippen molar-refractivity contribution in [2.24, 2.45) is 5.73 Å². The molecule has 0 aromatic carbocycles. The van der Waals surface area contributed by atoms with E-state index in [9.17, 15) is 9.59 Å². The highest BCUT2D eigenvalue weighted by Gasteiger charge is 2.12. The van der Waals surface area contributed by atoms with Gasteiger partial charge >= 0.3 is 5.97 Å². The minimum absolute atomic E-state index is 0.106. The van der Waals surface area contributed by atoms with E-state index in [0.717, 1.165) is 11.8 Å². The highest BCUT2D eigenvalue weighted by atomic mass is 32.2. The zero-order chi connectivity index (χ0) is 8.85. The molecule has 0 amide bonds. The first-order valence-electron chi connectivity index (χ1n) is 2.82. The molecule has 0 aliphatic rings. The van der Waals surface area contributed by atoms with Crippen molar-refractivity contribution in [2.75, 3.05) is 11.5 Å². The van der Waals surface area contributed by atoms with Gasteiger partial charge in [-0.2, -0.15) is 12.6 Å². The van der Waals surface area contributed by atoms with Crippen LogP contribution in [0.4, 0.5) is 0 Å². The Kier molecular flexibility index (Phi) is 5.35. The van der Waals surface area contributed by atoms with Crippen molar-refractivity contribution in [3.05, 3.63) is 0 Å². The Labute approximate surface area is 73.9 Å². The normalized spacial score (nSPS) is 12.5. The number of thiol groups is 1. The Morgan fingerprint density at radius 2 is 2.18 bits per heavy atom. The van der Waals surface area contributed by atoms with Crippen molar-refractivity contribution in [2.45, 2.75) is 6.04 Å². The van der Waals surface area contributed by atoms with Crippen molar-refractivity contribution in [1.82, 2.24) is 0 Å². The highest BCUT2D eigenvalue weighted by molar-refractivity contribution is 8.14. The predicted octanol–water partition coefficient (Wildman–Crippen LogP) is -0.412. The Bertz CT molecular complexity index is 162. The minimum atomic E-state index is -1.09. The van der Waals surface area contributed by atoms with Crippen molar-refractivity contribution in [3.8, 4) is 0 Å². The summed E-state index contributed by atoms with van der Waals surface area (Å²) in [4.78, 5) is 20.7. The van der Waals surface area contributed by atoms with Gasteiger partial charge in [0.2, 0.25) is 0 Å². The number of carboxylic acids is 1. The molecule has 6 heteroatoms. The summed E-state index contributed by atoms with van der Waals surface area (Å²) in [6.45, 7) is 0. The molecule has 3 N–H and O–H groups in total. The molecular formula is C5H9NO3S2. The summed E-state index contributed by atoms with van der Waals surface area (Å²) in [5.74, 6) is -0.879. The third kappa shape index (κ3) is 5.11. The summed E-state index contributed by atoms with van der Waals surface area (Å²) >= 11 is 4.60. The standard InChI is InChI=1S/C5H9NO3S2/c6-3(5(8)9)2-11-4(7)1-10/h3,10H,1-2,6H2,(H,8,9)/t3-/m0/s1. The molecule has 0 aliphatic heterocycles. The Hall–Kier alpha value is -0.200. The maximum atomic E-state index is 10.6. The van der Waals surface area contributed by atoms with E-state index in [-0.39, 0.29) is 16.6 Å². The molecular weight excluding hydrogens is 186 g/mol. The van der Waals surface area contributed by atoms with E-state index in [1.165, 1.54) is 0 Å². The van der Waals surface area contributed by atoms with E-state index in [4.69, 9.17) is 10.8 Å². The smallest absolute Gasteiger partial charge is 0.321 e. The van der Waals surface area contributed by atoms with Gasteiger partial charge in [0.1, 0.15) is 6.04 Å². The van der Waals surface area contributed by atoms with Crippen molar-refractivity contribution < 1.29 is 14.7 Å². The molecule has 0 spiro atoms. The van der Waals surface area contributed by atoms with Crippen LogP contribution in [-0.4, -0.2) is 33.7 Å². The topological polar surface area (TPSA) is 80.4 Å². The summed E-state index contributed by atoms with van der Waals surface area (Å²) in [6, 6.07) is -0.969. The molecule has 0 heterocycles. The molecule has 0 radical (unpaired) electrons. The summed E-state index contributed by atoms with van der Waals surface area (Å²) in [6.07, 6.45) is 0. The third-order valence-corrected chi connectivity index (χ3v) is 2.36. The van der Waals surface area contributed by atoms with E-state index in [1.807, 2.05) is 0 Å². The molecule has 11 heavy (non-hydrogen) atoms. The summed E-state index contributed by atoms with van der Waals surface area (Å²) < 4.78 is 0. The van der Waals surface area contributed by atoms with Crippen LogP contribution in [0.2, 0.25) is 0 Å². The Balaban J connectivity index is 3.54. The SMILES string of the molecule is N[C@@H](CSC(=O)CS)C(=O)O. The second-order valence-corrected chi connectivity index (χ2v) is 3.18. The van der Waals surface area contributed by atoms with E-state index in [1.54, 1.807) is 0 Å². The van der Waals surface area contributed by atoms with Crippen molar-refractivity contribution in [3.63, 3.8) is 0 Å². The highest BCUT2D eigenvalue weighted by Crippen LogP contribution is 2.04. The lowest BCUT2D eigenvalue weighted by Gasteiger charge is -2.02. The number of carbonyl (C=O) groups is 2. The van der Waals surface area contributed by atoms with Crippen LogP contribution in [0.3, 0.4) is 0 Å². The number of carbonyl (C=O) groups excluding carboxylic acids is 1. The van der Waals surface area contributed by atoms with Crippen LogP contribution in [-0.2, 0) is 9.59 Å². The van der Waals surface area contributed by atoms with E-state index in [2.05, 4.69) is 12.6 Å². The molecule has 0 aromatic rings. The third-order valence-electron chi connectivity index (χ3n) is 0.870. The number of nitrogens with two attached hydrogens (primary N) is 1. The predicted molar refractivity (Wildman–Crippen MR) is 46.9 cm³/mol. The first-order valence-corrected chi connectivity index (χ1v) is 4.44. The van der Waals surface area contributed by atoms with Gasteiger partial charge in [0.25, 0.3) is 0 Å². The fourth-order valence-electron chi connectivity index (χ4n) is 0.300. The van der Waals surface area contributed by atoms with Crippen LogP contribution in [0.1, 0.15) is 0 Å². The number of rotatable bonds is 4. The zero-order valence-electron chi connectivity index (χ0n) is 5.69. The number of hydrogen-bond acceptors (Lipinski definition) is 5. The van der Waals surface area contributed by atoms with Crippen LogP contribution >= 0.6 is 24.4 Å². The molecule has 0 aromatic heterocycles. The van der Waals surface area contributed by atoms with Crippen molar-refractivity contribution in [1.29, 1.82) is 0 Å². The van der Waals surface area contributed by atoms with Gasteiger partial charge in [-0.1, -0.05) is 11.8 Å². The van der Waals surface area contributed by atoms with Crippen LogP contribution < -0.4 is 5.73 Å². The Morgan fingerprint density at radius 3 is 2.55 bits per heavy atom. The molecule has 0 bridgehead atoms. The van der Waals surface area contributed by atoms with Crippen LogP contribution in [0.25, 0.3) is 0 Å². The molecule has 0 saturated heterocycles. The first kappa shape index (κ1) is 10.8. The van der Waals surface area contributed by atoms with E-state index in [0.29, 0.717) is 0 Å². The van der Waals surface area contributed by atoms with Gasteiger partial charge in [0.05, 0.1) is 5.75 Å². The van der Waals surface area contributed by atoms with Gasteiger partial charge in [0, 0.05) is 5.75 Å². The lowest BCUT2D eigenvalue weighted by atomic mass is 10.4. The lowest BCUT2D eigenvalue weighted by molar-refractivity contribution is -0.137. The van der Waals surface area contributed by atoms with Gasteiger partial charge in [-0.3, -0.25) is 9.59 Å². The van der Waals surface area contributed by atoms with Crippen LogP contribution in [0, 0.1) is 0 Å². The average molecular weight is 195 g/mol. The molecule has 0 fully saturated rings. The van der Waals surface area contributed by atoms with Gasteiger partial charge in [0.15, 0.2) is 5.12 Å². The molecule has 1 atom stereocenters. The number of thioether (sulfide) groups is 1. The van der Waals surface area contributed by atoms with Gasteiger partial charge in [-0.15, -0.1) is 0 Å². The van der Waals surface area contributed by atoms with Gasteiger partial charge in [-0.25, -0.2) is 0 Å². The quantitative estimate of drug-likeness (QED) is 0.531. The molecule has 0 unspecified atom stereocenters. The minimum Gasteiger partial charge on any atom is -0.480 e. The number of carboxylic acid groups (broad SMARTS) is 1. The molecule has 0 rings (SSSR count). The fraction of sp³-hybridized carbons (Fsp3) is 0.600. The van der Waals surface area contributed by atoms with Crippen molar-refractivity contribution >= 4 is 35.5 Å². The number of aliphatic carboxylic acids is 1.